The van der Waals surface area contributed by atoms with Crippen LogP contribution in [0.25, 0.3) is 0 Å². The molecule has 0 radical (unpaired) electrons. The molecule has 1 aromatic rings. The van der Waals surface area contributed by atoms with Crippen LogP contribution < -0.4 is 10.6 Å². The van der Waals surface area contributed by atoms with Crippen LogP contribution in [0.15, 0.2) is 18.3 Å². The molecule has 1 aliphatic rings. The summed E-state index contributed by atoms with van der Waals surface area (Å²) >= 11 is 5.08. The number of anilines is 1. The second-order valence-electron chi connectivity index (χ2n) is 4.98. The summed E-state index contributed by atoms with van der Waals surface area (Å²) in [4.78, 5) is 7.17. The summed E-state index contributed by atoms with van der Waals surface area (Å²) < 4.78 is 0. The molecule has 2 rings (SSSR count). The first-order valence-corrected chi connectivity index (χ1v) is 6.50. The van der Waals surface area contributed by atoms with E-state index >= 15 is 0 Å². The number of rotatable bonds is 3. The van der Waals surface area contributed by atoms with Crippen LogP contribution in [0, 0.1) is 11.8 Å². The van der Waals surface area contributed by atoms with E-state index in [2.05, 4.69) is 23.7 Å². The Kier molecular flexibility index (Phi) is 3.62. The van der Waals surface area contributed by atoms with Gasteiger partial charge < -0.3 is 10.6 Å². The summed E-state index contributed by atoms with van der Waals surface area (Å²) in [6.07, 6.45) is 3.03. The highest BCUT2D eigenvalue weighted by Crippen LogP contribution is 2.28. The number of hydrogen-bond donors (Lipinski definition) is 1. The lowest BCUT2D eigenvalue weighted by atomic mass is 9.95. The quantitative estimate of drug-likeness (QED) is 0.834. The average molecular weight is 249 g/mol. The van der Waals surface area contributed by atoms with Gasteiger partial charge in [-0.3, -0.25) is 0 Å². The van der Waals surface area contributed by atoms with Crippen LogP contribution in [-0.4, -0.2) is 23.1 Å². The lowest BCUT2D eigenvalue weighted by Crippen LogP contribution is -2.25. The second-order valence-corrected chi connectivity index (χ2v) is 5.42. The predicted molar refractivity (Wildman–Crippen MR) is 75.3 cm³/mol. The molecule has 1 fully saturated rings. The van der Waals surface area contributed by atoms with Crippen molar-refractivity contribution in [3.05, 3.63) is 23.9 Å². The normalized spacial score (nSPS) is 19.9. The van der Waals surface area contributed by atoms with E-state index in [1.165, 1.54) is 6.42 Å². The average Bonchev–Trinajstić information content (AvgIpc) is 2.78. The molecule has 0 aliphatic carbocycles. The van der Waals surface area contributed by atoms with Crippen LogP contribution in [0.4, 0.5) is 5.82 Å². The molecule has 0 aromatic carbocycles. The van der Waals surface area contributed by atoms with Crippen LogP contribution in [0.5, 0.6) is 0 Å². The highest BCUT2D eigenvalue weighted by molar-refractivity contribution is 7.80. The molecule has 92 valence electrons. The molecule has 1 saturated heterocycles. The molecule has 17 heavy (non-hydrogen) atoms. The predicted octanol–water partition coefficient (Wildman–Crippen LogP) is 2.20. The Labute approximate surface area is 108 Å². The Morgan fingerprint density at radius 2 is 2.35 bits per heavy atom. The summed E-state index contributed by atoms with van der Waals surface area (Å²) in [6, 6.07) is 3.83. The number of aromatic nitrogens is 1. The first-order valence-electron chi connectivity index (χ1n) is 6.09. The Hall–Kier alpha value is -1.16. The Morgan fingerprint density at radius 3 is 2.94 bits per heavy atom. The number of thiocarbonyl (C=S) groups is 1. The largest absolute Gasteiger partial charge is 0.389 e. The van der Waals surface area contributed by atoms with Crippen LogP contribution in [0.3, 0.4) is 0 Å². The summed E-state index contributed by atoms with van der Waals surface area (Å²) in [7, 11) is 0. The van der Waals surface area contributed by atoms with Crippen molar-refractivity contribution in [2.75, 3.05) is 18.0 Å². The summed E-state index contributed by atoms with van der Waals surface area (Å²) in [6.45, 7) is 6.67. The van der Waals surface area contributed by atoms with Gasteiger partial charge in [-0.05, 0) is 30.4 Å². The fourth-order valence-corrected chi connectivity index (χ4v) is 2.52. The zero-order valence-electron chi connectivity index (χ0n) is 10.4. The SMILES string of the molecule is CC(C)C1CCN(c2ncccc2C(N)=S)C1. The van der Waals surface area contributed by atoms with Crippen LogP contribution in [-0.2, 0) is 0 Å². The molecular weight excluding hydrogens is 230 g/mol. The molecule has 1 unspecified atom stereocenters. The molecule has 0 amide bonds. The monoisotopic (exact) mass is 249 g/mol. The maximum atomic E-state index is 5.74. The third-order valence-electron chi connectivity index (χ3n) is 3.52. The van der Waals surface area contributed by atoms with Crippen LogP contribution >= 0.6 is 12.2 Å². The van der Waals surface area contributed by atoms with Gasteiger partial charge in [-0.2, -0.15) is 0 Å². The van der Waals surface area contributed by atoms with Crippen molar-refractivity contribution in [2.45, 2.75) is 20.3 Å². The highest BCUT2D eigenvalue weighted by Gasteiger charge is 2.27. The molecule has 0 spiro atoms. The minimum absolute atomic E-state index is 0.432. The molecular formula is C13H19N3S. The van der Waals surface area contributed by atoms with Gasteiger partial charge in [0.2, 0.25) is 0 Å². The molecule has 3 nitrogen and oxygen atoms in total. The maximum absolute atomic E-state index is 5.74. The zero-order chi connectivity index (χ0) is 12.4. The summed E-state index contributed by atoms with van der Waals surface area (Å²) in [5.41, 5.74) is 6.64. The Balaban J connectivity index is 2.21. The number of nitrogens with zero attached hydrogens (tertiary/aromatic N) is 2. The minimum atomic E-state index is 0.432. The van der Waals surface area contributed by atoms with Crippen molar-refractivity contribution in [1.29, 1.82) is 0 Å². The fourth-order valence-electron chi connectivity index (χ4n) is 2.37. The molecule has 2 N–H and O–H groups in total. The lowest BCUT2D eigenvalue weighted by molar-refractivity contribution is 0.422. The third-order valence-corrected chi connectivity index (χ3v) is 3.74. The van der Waals surface area contributed by atoms with Gasteiger partial charge in [-0.25, -0.2) is 4.98 Å². The van der Waals surface area contributed by atoms with Gasteiger partial charge in [-0.15, -0.1) is 0 Å². The van der Waals surface area contributed by atoms with E-state index in [9.17, 15) is 0 Å². The van der Waals surface area contributed by atoms with Gasteiger partial charge >= 0.3 is 0 Å². The Morgan fingerprint density at radius 1 is 1.59 bits per heavy atom. The van der Waals surface area contributed by atoms with Gasteiger partial charge in [0.1, 0.15) is 10.8 Å². The van der Waals surface area contributed by atoms with Gasteiger partial charge in [0, 0.05) is 19.3 Å². The fraction of sp³-hybridized carbons (Fsp3) is 0.538. The van der Waals surface area contributed by atoms with Crippen molar-refractivity contribution in [2.24, 2.45) is 17.6 Å². The number of hydrogen-bond acceptors (Lipinski definition) is 3. The zero-order valence-corrected chi connectivity index (χ0v) is 11.2. The van der Waals surface area contributed by atoms with E-state index in [1.807, 2.05) is 12.1 Å². The van der Waals surface area contributed by atoms with E-state index in [1.54, 1.807) is 6.20 Å². The minimum Gasteiger partial charge on any atom is -0.389 e. The van der Waals surface area contributed by atoms with E-state index in [0.717, 1.165) is 36.3 Å². The van der Waals surface area contributed by atoms with E-state index in [0.29, 0.717) is 4.99 Å². The van der Waals surface area contributed by atoms with Crippen molar-refractivity contribution < 1.29 is 0 Å². The molecule has 0 bridgehead atoms. The van der Waals surface area contributed by atoms with Gasteiger partial charge in [-0.1, -0.05) is 26.1 Å². The lowest BCUT2D eigenvalue weighted by Gasteiger charge is -2.21. The van der Waals surface area contributed by atoms with Gasteiger partial charge in [0.25, 0.3) is 0 Å². The standard InChI is InChI=1S/C13H19N3S/c1-9(2)10-5-7-16(8-10)13-11(12(14)17)4-3-6-15-13/h3-4,6,9-10H,5,7-8H2,1-2H3,(H2,14,17). The third kappa shape index (κ3) is 2.57. The van der Waals surface area contributed by atoms with Crippen LogP contribution in [0.1, 0.15) is 25.8 Å². The second kappa shape index (κ2) is 5.00. The van der Waals surface area contributed by atoms with Crippen molar-refractivity contribution in [1.82, 2.24) is 4.98 Å². The van der Waals surface area contributed by atoms with E-state index < -0.39 is 0 Å². The molecule has 0 saturated carbocycles. The Bertz CT molecular complexity index is 417. The molecule has 1 atom stereocenters. The van der Waals surface area contributed by atoms with E-state index in [-0.39, 0.29) is 0 Å². The van der Waals surface area contributed by atoms with Crippen molar-refractivity contribution >= 4 is 23.0 Å². The summed E-state index contributed by atoms with van der Waals surface area (Å²) in [5.74, 6) is 2.41. The molecule has 1 aliphatic heterocycles. The highest BCUT2D eigenvalue weighted by atomic mass is 32.1. The first kappa shape index (κ1) is 12.3. The first-order chi connectivity index (χ1) is 8.09. The van der Waals surface area contributed by atoms with Gasteiger partial charge in [0.15, 0.2) is 0 Å². The number of pyridine rings is 1. The number of nitrogens with two attached hydrogens (primary N) is 1. The maximum Gasteiger partial charge on any atom is 0.138 e. The van der Waals surface area contributed by atoms with Crippen molar-refractivity contribution in [3.8, 4) is 0 Å². The van der Waals surface area contributed by atoms with Crippen molar-refractivity contribution in [3.63, 3.8) is 0 Å². The topological polar surface area (TPSA) is 42.2 Å². The molecule has 4 heteroatoms. The smallest absolute Gasteiger partial charge is 0.138 e. The van der Waals surface area contributed by atoms with Crippen LogP contribution in [0.2, 0.25) is 0 Å². The molecule has 2 heterocycles. The van der Waals surface area contributed by atoms with E-state index in [4.69, 9.17) is 18.0 Å². The van der Waals surface area contributed by atoms with Gasteiger partial charge in [0.05, 0.1) is 5.56 Å². The summed E-state index contributed by atoms with van der Waals surface area (Å²) in [5, 5.41) is 0. The molecule has 1 aromatic heterocycles.